The normalized spacial score (nSPS) is 23.0. The molecule has 2 aliphatic heterocycles. The zero-order chi connectivity index (χ0) is 19.2. The van der Waals surface area contributed by atoms with Crippen molar-refractivity contribution in [3.63, 3.8) is 0 Å². The van der Waals surface area contributed by atoms with Gasteiger partial charge in [-0.25, -0.2) is 0 Å². The highest BCUT2D eigenvalue weighted by Gasteiger charge is 2.46. The fourth-order valence-electron chi connectivity index (χ4n) is 3.27. The predicted octanol–water partition coefficient (Wildman–Crippen LogP) is 3.62. The minimum Gasteiger partial charge on any atom is -0.597 e. The largest absolute Gasteiger partial charge is 0.597 e. The Labute approximate surface area is 151 Å². The summed E-state index contributed by atoms with van der Waals surface area (Å²) in [7, 11) is -3.32. The van der Waals surface area contributed by atoms with E-state index in [0.717, 1.165) is 12.1 Å². The summed E-state index contributed by atoms with van der Waals surface area (Å²) in [6.45, 7) is 3.93. The van der Waals surface area contributed by atoms with Gasteiger partial charge in [-0.05, 0) is 26.0 Å². The molecule has 0 aromatic heterocycles. The van der Waals surface area contributed by atoms with Crippen molar-refractivity contribution in [3.05, 3.63) is 35.4 Å². The molecule has 0 bridgehead atoms. The molecule has 1 aromatic carbocycles. The quantitative estimate of drug-likeness (QED) is 0.741. The van der Waals surface area contributed by atoms with Crippen LogP contribution in [0.4, 0.5) is 13.2 Å². The number of alkyl halides is 3. The lowest BCUT2D eigenvalue weighted by molar-refractivity contribution is -0.137. The Hall–Kier alpha value is -1.45. The van der Waals surface area contributed by atoms with Gasteiger partial charge in [0.05, 0.1) is 11.3 Å². The van der Waals surface area contributed by atoms with E-state index in [9.17, 15) is 21.9 Å². The molecule has 0 saturated carbocycles. The summed E-state index contributed by atoms with van der Waals surface area (Å²) in [5.41, 5.74) is -0.506. The van der Waals surface area contributed by atoms with Gasteiger partial charge in [0.1, 0.15) is 21.3 Å². The fourth-order valence-corrected chi connectivity index (χ4v) is 4.55. The highest BCUT2D eigenvalue weighted by Crippen LogP contribution is 2.38. The number of halogens is 3. The van der Waals surface area contributed by atoms with Gasteiger partial charge in [-0.15, -0.1) is 4.31 Å². The number of benzene rings is 1. The maximum atomic E-state index is 12.9. The molecule has 1 saturated heterocycles. The van der Waals surface area contributed by atoms with Crippen LogP contribution in [0.3, 0.4) is 0 Å². The first kappa shape index (κ1) is 19.3. The molecular formula is C17H21F3N2O3S. The third-order valence-corrected chi connectivity index (χ3v) is 7.23. The van der Waals surface area contributed by atoms with Crippen molar-refractivity contribution in [2.75, 3.05) is 13.1 Å². The first-order valence-electron chi connectivity index (χ1n) is 8.45. The Morgan fingerprint density at radius 1 is 1.31 bits per heavy atom. The summed E-state index contributed by atoms with van der Waals surface area (Å²) >= 11 is 0. The van der Waals surface area contributed by atoms with E-state index in [0.29, 0.717) is 43.6 Å². The van der Waals surface area contributed by atoms with Gasteiger partial charge < -0.3 is 9.39 Å². The number of piperidine rings is 1. The Kier molecular flexibility index (Phi) is 4.91. The summed E-state index contributed by atoms with van der Waals surface area (Å²) in [5, 5.41) is 3.52. The molecule has 0 N–H and O–H groups in total. The van der Waals surface area contributed by atoms with Crippen LogP contribution in [-0.2, 0) is 25.6 Å². The number of sulfonamides is 1. The van der Waals surface area contributed by atoms with Gasteiger partial charge >= 0.3 is 6.18 Å². The second-order valence-corrected chi connectivity index (χ2v) is 9.55. The maximum absolute atomic E-state index is 12.9. The number of rotatable bonds is 3. The Balaban J connectivity index is 1.69. The van der Waals surface area contributed by atoms with E-state index in [1.165, 1.54) is 10.4 Å². The van der Waals surface area contributed by atoms with E-state index in [2.05, 4.69) is 5.16 Å². The number of nitrogens with zero attached hydrogens (tertiary/aromatic N) is 2. The molecule has 26 heavy (non-hydrogen) atoms. The van der Waals surface area contributed by atoms with Crippen molar-refractivity contribution in [2.45, 2.75) is 50.1 Å². The van der Waals surface area contributed by atoms with Crippen LogP contribution >= 0.6 is 0 Å². The average Bonchev–Trinajstić information content (AvgIpc) is 2.98. The van der Waals surface area contributed by atoms with E-state index in [4.69, 9.17) is 4.84 Å². The molecule has 2 heterocycles. The first-order valence-corrected chi connectivity index (χ1v) is 9.95. The van der Waals surface area contributed by atoms with Crippen LogP contribution in [0.2, 0.25) is 0 Å². The van der Waals surface area contributed by atoms with Gasteiger partial charge in [0.15, 0.2) is 0 Å². The zero-order valence-electron chi connectivity index (χ0n) is 14.6. The molecule has 0 aliphatic carbocycles. The highest BCUT2D eigenvalue weighted by molar-refractivity contribution is 7.95. The molecule has 1 spiro atoms. The number of hydrogen-bond donors (Lipinski definition) is 0. The first-order chi connectivity index (χ1) is 12.0. The second kappa shape index (κ2) is 6.61. The van der Waals surface area contributed by atoms with Gasteiger partial charge in [0.25, 0.3) is 0 Å². The average molecular weight is 390 g/mol. The van der Waals surface area contributed by atoms with E-state index in [1.807, 2.05) is 0 Å². The minimum atomic E-state index is -4.41. The van der Waals surface area contributed by atoms with Crippen LogP contribution in [0, 0.1) is 0 Å². The molecule has 144 valence electrons. The van der Waals surface area contributed by atoms with Gasteiger partial charge in [-0.3, -0.25) is 0 Å². The Bertz CT molecular complexity index is 756. The van der Waals surface area contributed by atoms with Crippen molar-refractivity contribution in [1.82, 2.24) is 4.31 Å². The topological polar surface area (TPSA) is 65.0 Å². The van der Waals surface area contributed by atoms with Crippen molar-refractivity contribution >= 4 is 16.1 Å². The standard InChI is InChI=1S/C17H21F3N2O3S/c1-12(2)26(23,24)22-8-6-16(7-9-22)11-15(21-25-16)13-4-3-5-14(10-13)17(18,19)20/h3-5,10,12H,6-9,11H2,1-2H3. The van der Waals surface area contributed by atoms with Gasteiger partial charge in [0.2, 0.25) is 0 Å². The third kappa shape index (κ3) is 3.65. The van der Waals surface area contributed by atoms with Crippen LogP contribution < -0.4 is 0 Å². The molecule has 1 aromatic rings. The lowest BCUT2D eigenvalue weighted by Gasteiger charge is -2.39. The lowest BCUT2D eigenvalue weighted by atomic mass is 9.86. The monoisotopic (exact) mass is 390 g/mol. The molecule has 0 radical (unpaired) electrons. The SMILES string of the molecule is CC(C)[S+](=O)([O-])N1CCC2(CC1)CC(c1cccc(C(F)(F)F)c1)=NO2. The van der Waals surface area contributed by atoms with Crippen LogP contribution in [0.5, 0.6) is 0 Å². The van der Waals surface area contributed by atoms with Gasteiger partial charge in [0, 0.05) is 37.9 Å². The van der Waals surface area contributed by atoms with Gasteiger partial charge in [-0.1, -0.05) is 21.5 Å². The van der Waals surface area contributed by atoms with Crippen molar-refractivity contribution < 1.29 is 26.8 Å². The van der Waals surface area contributed by atoms with Crippen LogP contribution in [0.1, 0.15) is 44.2 Å². The molecule has 1 atom stereocenters. The van der Waals surface area contributed by atoms with Gasteiger partial charge in [-0.2, -0.15) is 13.2 Å². The third-order valence-electron chi connectivity index (χ3n) is 4.95. The molecule has 1 fully saturated rings. The highest BCUT2D eigenvalue weighted by atomic mass is 32.3. The van der Waals surface area contributed by atoms with Crippen molar-refractivity contribution in [1.29, 1.82) is 0 Å². The van der Waals surface area contributed by atoms with Crippen LogP contribution in [-0.4, -0.2) is 38.5 Å². The Morgan fingerprint density at radius 3 is 2.54 bits per heavy atom. The molecule has 0 amide bonds. The maximum Gasteiger partial charge on any atom is 0.416 e. The van der Waals surface area contributed by atoms with Crippen LogP contribution in [0.15, 0.2) is 29.4 Å². The number of oxime groups is 1. The van der Waals surface area contributed by atoms with Crippen molar-refractivity contribution in [3.8, 4) is 0 Å². The molecule has 2 aliphatic rings. The number of hydrogen-bond acceptors (Lipinski definition) is 4. The summed E-state index contributed by atoms with van der Waals surface area (Å²) < 4.78 is 64.6. The van der Waals surface area contributed by atoms with Crippen LogP contribution in [0.25, 0.3) is 0 Å². The predicted molar refractivity (Wildman–Crippen MR) is 91.2 cm³/mol. The second-order valence-electron chi connectivity index (χ2n) is 7.06. The molecule has 1 unspecified atom stereocenters. The minimum absolute atomic E-state index is 0.325. The van der Waals surface area contributed by atoms with E-state index in [1.54, 1.807) is 19.9 Å². The zero-order valence-corrected chi connectivity index (χ0v) is 15.4. The lowest BCUT2D eigenvalue weighted by Crippen LogP contribution is -2.51. The molecule has 5 nitrogen and oxygen atoms in total. The molecular weight excluding hydrogens is 369 g/mol. The molecule has 9 heteroatoms. The summed E-state index contributed by atoms with van der Waals surface area (Å²) in [5.74, 6) is 0. The molecule has 3 rings (SSSR count). The summed E-state index contributed by atoms with van der Waals surface area (Å²) in [4.78, 5) is 5.58. The summed E-state index contributed by atoms with van der Waals surface area (Å²) in [6, 6.07) is 5.02. The van der Waals surface area contributed by atoms with E-state index >= 15 is 0 Å². The Morgan fingerprint density at radius 2 is 1.96 bits per heavy atom. The van der Waals surface area contributed by atoms with E-state index in [-0.39, 0.29) is 0 Å². The van der Waals surface area contributed by atoms with E-state index < -0.39 is 33.0 Å². The smallest absolute Gasteiger partial charge is 0.416 e. The van der Waals surface area contributed by atoms with Crippen molar-refractivity contribution in [2.24, 2.45) is 5.16 Å². The summed E-state index contributed by atoms with van der Waals surface area (Å²) in [6.07, 6.45) is -3.11. The fraction of sp³-hybridized carbons (Fsp3) is 0.588.